The fourth-order valence-electron chi connectivity index (χ4n) is 4.78. The molecule has 0 bridgehead atoms. The maximum atomic E-state index is 5.54. The van der Waals surface area contributed by atoms with Crippen LogP contribution in [0.25, 0.3) is 28.2 Å². The number of morpholine rings is 1. The maximum Gasteiger partial charge on any atom is 0.205 e. The van der Waals surface area contributed by atoms with Crippen molar-refractivity contribution in [1.29, 1.82) is 0 Å². The number of aryl methyl sites for hydroxylation is 1. The molecule has 0 atom stereocenters. The van der Waals surface area contributed by atoms with Gasteiger partial charge >= 0.3 is 0 Å². The van der Waals surface area contributed by atoms with Crippen molar-refractivity contribution in [1.82, 2.24) is 34.9 Å². The third-order valence-electron chi connectivity index (χ3n) is 6.55. The smallest absolute Gasteiger partial charge is 0.205 e. The molecule has 0 amide bonds. The maximum absolute atomic E-state index is 5.54. The summed E-state index contributed by atoms with van der Waals surface area (Å²) in [5.74, 6) is 0.729. The Morgan fingerprint density at radius 1 is 0.973 bits per heavy atom. The first-order valence-corrected chi connectivity index (χ1v) is 12.4. The van der Waals surface area contributed by atoms with Crippen molar-refractivity contribution >= 4 is 18.1 Å². The summed E-state index contributed by atoms with van der Waals surface area (Å²) in [4.78, 5) is 6.71. The van der Waals surface area contributed by atoms with Gasteiger partial charge in [0.1, 0.15) is 0 Å². The normalized spacial score (nSPS) is 13.6. The molecule has 0 aliphatic carbocycles. The Hall–Kier alpha value is -3.82. The highest BCUT2D eigenvalue weighted by atomic mass is 35.5. The third kappa shape index (κ3) is 5.05. The zero-order valence-corrected chi connectivity index (χ0v) is 21.5. The minimum Gasteiger partial charge on any atom is -0.378 e. The van der Waals surface area contributed by atoms with E-state index in [1.165, 1.54) is 11.1 Å². The summed E-state index contributed by atoms with van der Waals surface area (Å²) in [6.07, 6.45) is 6.62. The van der Waals surface area contributed by atoms with Gasteiger partial charge in [-0.15, -0.1) is 22.3 Å². The van der Waals surface area contributed by atoms with Crippen molar-refractivity contribution in [2.75, 3.05) is 31.3 Å². The summed E-state index contributed by atoms with van der Waals surface area (Å²) in [5, 5.41) is 19.4. The highest BCUT2D eigenvalue weighted by Crippen LogP contribution is 2.32. The molecule has 10 heteroatoms. The number of hydrogen-bond acceptors (Lipinski definition) is 7. The summed E-state index contributed by atoms with van der Waals surface area (Å²) in [6.45, 7) is 4.99. The third-order valence-corrected chi connectivity index (χ3v) is 6.55. The molecular formula is C27H29ClN8O. The van der Waals surface area contributed by atoms with Crippen molar-refractivity contribution in [2.24, 2.45) is 0 Å². The van der Waals surface area contributed by atoms with E-state index in [4.69, 9.17) is 9.72 Å². The molecule has 0 unspecified atom stereocenters. The standard InChI is InChI=1S/C27H28N8O.ClH/c1-2-6-25-22(19-34-26(29-25)11-12-28-34)17-20-9-10-23(21-7-4-3-5-8-21)24(18-20)27-30-31-32-35(27)33-13-15-36-16-14-33;/h3-5,7-12,18-19H,2,6,13-17H2,1H3;1H. The summed E-state index contributed by atoms with van der Waals surface area (Å²) >= 11 is 0. The first kappa shape index (κ1) is 24.9. The van der Waals surface area contributed by atoms with E-state index in [2.05, 4.69) is 81.2 Å². The van der Waals surface area contributed by atoms with Crippen LogP contribution >= 0.6 is 12.4 Å². The van der Waals surface area contributed by atoms with Gasteiger partial charge in [-0.05, 0) is 45.2 Å². The molecule has 1 aliphatic heterocycles. The first-order valence-electron chi connectivity index (χ1n) is 12.4. The van der Waals surface area contributed by atoms with Gasteiger partial charge in [-0.3, -0.25) is 5.01 Å². The molecule has 0 radical (unpaired) electrons. The fourth-order valence-corrected chi connectivity index (χ4v) is 4.78. The van der Waals surface area contributed by atoms with Gasteiger partial charge in [0, 0.05) is 29.9 Å². The summed E-state index contributed by atoms with van der Waals surface area (Å²) in [5.41, 5.74) is 7.58. The van der Waals surface area contributed by atoms with E-state index in [1.807, 2.05) is 21.4 Å². The molecular weight excluding hydrogens is 488 g/mol. The van der Waals surface area contributed by atoms with Crippen LogP contribution in [0.5, 0.6) is 0 Å². The first-order chi connectivity index (χ1) is 17.8. The molecule has 0 N–H and O–H groups in total. The Labute approximate surface area is 221 Å². The molecule has 0 saturated carbocycles. The second-order valence-electron chi connectivity index (χ2n) is 8.98. The number of benzene rings is 2. The predicted octanol–water partition coefficient (Wildman–Crippen LogP) is 3.98. The van der Waals surface area contributed by atoms with Crippen LogP contribution < -0.4 is 5.01 Å². The Balaban J connectivity index is 0.00000280. The minimum absolute atomic E-state index is 0. The Morgan fingerprint density at radius 2 is 1.81 bits per heavy atom. The molecule has 190 valence electrons. The average Bonchev–Trinajstić information content (AvgIpc) is 3.60. The number of ether oxygens (including phenoxy) is 1. The van der Waals surface area contributed by atoms with Crippen molar-refractivity contribution in [2.45, 2.75) is 26.2 Å². The lowest BCUT2D eigenvalue weighted by Crippen LogP contribution is -2.45. The molecule has 2 aromatic carbocycles. The van der Waals surface area contributed by atoms with Gasteiger partial charge in [0.05, 0.1) is 32.5 Å². The summed E-state index contributed by atoms with van der Waals surface area (Å²) < 4.78 is 7.39. The second-order valence-corrected chi connectivity index (χ2v) is 8.98. The van der Waals surface area contributed by atoms with Crippen LogP contribution in [0.1, 0.15) is 30.2 Å². The van der Waals surface area contributed by atoms with E-state index in [0.717, 1.165) is 66.2 Å². The topological polar surface area (TPSA) is 86.3 Å². The molecule has 4 heterocycles. The summed E-state index contributed by atoms with van der Waals surface area (Å²) in [7, 11) is 0. The van der Waals surface area contributed by atoms with Gasteiger partial charge in [-0.2, -0.15) is 5.10 Å². The van der Waals surface area contributed by atoms with Crippen molar-refractivity contribution in [3.8, 4) is 22.5 Å². The van der Waals surface area contributed by atoms with E-state index in [9.17, 15) is 0 Å². The quantitative estimate of drug-likeness (QED) is 0.323. The van der Waals surface area contributed by atoms with E-state index >= 15 is 0 Å². The second kappa shape index (κ2) is 11.1. The van der Waals surface area contributed by atoms with E-state index < -0.39 is 0 Å². The van der Waals surface area contributed by atoms with Crippen LogP contribution in [-0.2, 0) is 17.6 Å². The highest BCUT2D eigenvalue weighted by Gasteiger charge is 2.21. The highest BCUT2D eigenvalue weighted by molar-refractivity contribution is 5.85. The number of tetrazole rings is 1. The van der Waals surface area contributed by atoms with Gasteiger partial charge in [0.25, 0.3) is 0 Å². The predicted molar refractivity (Wildman–Crippen MR) is 144 cm³/mol. The van der Waals surface area contributed by atoms with Crippen molar-refractivity contribution in [3.05, 3.63) is 83.8 Å². The van der Waals surface area contributed by atoms with Crippen LogP contribution in [0.15, 0.2) is 67.0 Å². The largest absolute Gasteiger partial charge is 0.378 e. The molecule has 1 aliphatic rings. The fraction of sp³-hybridized carbons (Fsp3) is 0.296. The van der Waals surface area contributed by atoms with Crippen molar-refractivity contribution < 1.29 is 4.74 Å². The summed E-state index contributed by atoms with van der Waals surface area (Å²) in [6, 6.07) is 18.9. The molecule has 0 spiro atoms. The Bertz CT molecular complexity index is 1480. The van der Waals surface area contributed by atoms with Crippen LogP contribution in [0.4, 0.5) is 0 Å². The molecule has 5 aromatic rings. The number of fused-ring (bicyclic) bond motifs is 1. The Morgan fingerprint density at radius 3 is 2.62 bits per heavy atom. The number of halogens is 1. The number of rotatable bonds is 7. The number of aromatic nitrogens is 7. The van der Waals surface area contributed by atoms with Crippen LogP contribution in [0.2, 0.25) is 0 Å². The molecule has 1 fully saturated rings. The minimum atomic E-state index is 0. The zero-order valence-electron chi connectivity index (χ0n) is 20.7. The van der Waals surface area contributed by atoms with Gasteiger partial charge in [-0.1, -0.05) is 55.8 Å². The van der Waals surface area contributed by atoms with E-state index in [1.54, 1.807) is 6.20 Å². The average molecular weight is 517 g/mol. The van der Waals surface area contributed by atoms with Gasteiger partial charge in [-0.25, -0.2) is 9.50 Å². The molecule has 1 saturated heterocycles. The lowest BCUT2D eigenvalue weighted by molar-refractivity contribution is 0.109. The SMILES string of the molecule is CCCc1nc2ccnn2cc1Cc1ccc(-c2ccccc2)c(-c2nnnn2N2CCOCC2)c1.Cl. The lowest BCUT2D eigenvalue weighted by atomic mass is 9.94. The molecule has 3 aromatic heterocycles. The molecule has 6 rings (SSSR count). The van der Waals surface area contributed by atoms with Crippen molar-refractivity contribution in [3.63, 3.8) is 0 Å². The monoisotopic (exact) mass is 516 g/mol. The number of nitrogens with zero attached hydrogens (tertiary/aromatic N) is 8. The van der Waals surface area contributed by atoms with E-state index in [0.29, 0.717) is 13.2 Å². The van der Waals surface area contributed by atoms with Crippen LogP contribution in [0.3, 0.4) is 0 Å². The number of hydrogen-bond donors (Lipinski definition) is 0. The van der Waals surface area contributed by atoms with Gasteiger partial charge in [0.2, 0.25) is 5.82 Å². The van der Waals surface area contributed by atoms with Gasteiger partial charge in [0.15, 0.2) is 5.65 Å². The Kier molecular flexibility index (Phi) is 7.43. The van der Waals surface area contributed by atoms with E-state index in [-0.39, 0.29) is 12.4 Å². The molecule has 37 heavy (non-hydrogen) atoms. The van der Waals surface area contributed by atoms with Crippen LogP contribution in [0, 0.1) is 0 Å². The van der Waals surface area contributed by atoms with Gasteiger partial charge < -0.3 is 4.74 Å². The van der Waals surface area contributed by atoms with Crippen LogP contribution in [-0.4, -0.2) is 61.2 Å². The molecule has 9 nitrogen and oxygen atoms in total. The zero-order chi connectivity index (χ0) is 24.3. The lowest BCUT2D eigenvalue weighted by Gasteiger charge is -2.28.